The molecule has 0 saturated carbocycles. The first-order valence-electron chi connectivity index (χ1n) is 8.14. The molecule has 5 heteroatoms. The van der Waals surface area contributed by atoms with Crippen LogP contribution >= 0.6 is 15.9 Å². The summed E-state index contributed by atoms with van der Waals surface area (Å²) in [6.07, 6.45) is 1.67. The summed E-state index contributed by atoms with van der Waals surface area (Å²) in [5, 5.41) is 6.44. The first kappa shape index (κ1) is 17.4. The minimum atomic E-state index is 0.0531. The summed E-state index contributed by atoms with van der Waals surface area (Å²) < 4.78 is 1.07. The van der Waals surface area contributed by atoms with Gasteiger partial charge in [0.15, 0.2) is 0 Å². The lowest BCUT2D eigenvalue weighted by Gasteiger charge is -2.27. The summed E-state index contributed by atoms with van der Waals surface area (Å²) in [5.74, 6) is 0.231. The number of rotatable bonds is 7. The Kier molecular flexibility index (Phi) is 7.36. The Bertz CT molecular complexity index is 475. The van der Waals surface area contributed by atoms with Crippen LogP contribution in [0.15, 0.2) is 28.7 Å². The molecule has 0 bridgehead atoms. The molecular formula is C17H26BrN3O. The second-order valence-electron chi connectivity index (χ2n) is 5.82. The third-order valence-electron chi connectivity index (χ3n) is 4.17. The number of carbonyl (C=O) groups excluding carboxylic acids is 1. The molecule has 2 rings (SSSR count). The molecular weight excluding hydrogens is 342 g/mol. The van der Waals surface area contributed by atoms with Crippen molar-refractivity contribution in [2.24, 2.45) is 5.92 Å². The largest absolute Gasteiger partial charge is 0.355 e. The predicted molar refractivity (Wildman–Crippen MR) is 93.9 cm³/mol. The first-order valence-corrected chi connectivity index (χ1v) is 8.93. The highest BCUT2D eigenvalue weighted by Crippen LogP contribution is 2.17. The molecule has 0 aromatic heterocycles. The van der Waals surface area contributed by atoms with E-state index in [9.17, 15) is 4.79 Å². The van der Waals surface area contributed by atoms with Gasteiger partial charge in [0.2, 0.25) is 5.91 Å². The Morgan fingerprint density at radius 2 is 2.18 bits per heavy atom. The van der Waals surface area contributed by atoms with Crippen LogP contribution in [-0.4, -0.2) is 50.1 Å². The van der Waals surface area contributed by atoms with Crippen molar-refractivity contribution in [2.75, 3.05) is 39.3 Å². The molecule has 22 heavy (non-hydrogen) atoms. The van der Waals surface area contributed by atoms with Gasteiger partial charge in [-0.25, -0.2) is 0 Å². The van der Waals surface area contributed by atoms with E-state index in [1.807, 2.05) is 12.1 Å². The van der Waals surface area contributed by atoms with Crippen molar-refractivity contribution >= 4 is 21.8 Å². The van der Waals surface area contributed by atoms with E-state index >= 15 is 0 Å². The van der Waals surface area contributed by atoms with Crippen LogP contribution in [0.2, 0.25) is 0 Å². The molecule has 1 aliphatic heterocycles. The number of nitrogens with zero attached hydrogens (tertiary/aromatic N) is 1. The van der Waals surface area contributed by atoms with Crippen LogP contribution in [0.1, 0.15) is 18.9 Å². The average Bonchev–Trinajstić information content (AvgIpc) is 2.53. The minimum absolute atomic E-state index is 0.0531. The number of carbonyl (C=O) groups is 1. The van der Waals surface area contributed by atoms with Crippen molar-refractivity contribution in [1.29, 1.82) is 0 Å². The van der Waals surface area contributed by atoms with Crippen LogP contribution in [0, 0.1) is 5.92 Å². The zero-order valence-corrected chi connectivity index (χ0v) is 14.9. The fourth-order valence-corrected chi connectivity index (χ4v) is 3.23. The van der Waals surface area contributed by atoms with Gasteiger partial charge in [-0.05, 0) is 30.5 Å². The van der Waals surface area contributed by atoms with Crippen molar-refractivity contribution in [1.82, 2.24) is 15.5 Å². The highest BCUT2D eigenvalue weighted by Gasteiger charge is 2.17. The van der Waals surface area contributed by atoms with Gasteiger partial charge in [0, 0.05) is 49.7 Å². The normalized spacial score (nSPS) is 17.2. The maximum Gasteiger partial charge on any atom is 0.223 e. The van der Waals surface area contributed by atoms with Crippen molar-refractivity contribution in [3.8, 4) is 0 Å². The zero-order chi connectivity index (χ0) is 15.8. The molecule has 0 radical (unpaired) electrons. The number of amides is 1. The number of piperazine rings is 1. The van der Waals surface area contributed by atoms with E-state index in [4.69, 9.17) is 0 Å². The number of hydrogen-bond acceptors (Lipinski definition) is 3. The zero-order valence-electron chi connectivity index (χ0n) is 13.3. The van der Waals surface area contributed by atoms with Gasteiger partial charge in [-0.1, -0.05) is 35.0 Å². The Morgan fingerprint density at radius 3 is 2.86 bits per heavy atom. The number of nitrogens with one attached hydrogen (secondary N) is 2. The highest BCUT2D eigenvalue weighted by atomic mass is 79.9. The first-order chi connectivity index (χ1) is 10.7. The molecule has 1 atom stereocenters. The van der Waals surface area contributed by atoms with Gasteiger partial charge in [0.1, 0.15) is 0 Å². The summed E-state index contributed by atoms with van der Waals surface area (Å²) in [7, 11) is 0. The van der Waals surface area contributed by atoms with Gasteiger partial charge >= 0.3 is 0 Å². The maximum absolute atomic E-state index is 12.4. The second kappa shape index (κ2) is 9.28. The molecule has 1 aromatic carbocycles. The molecule has 1 heterocycles. The molecule has 1 fully saturated rings. The molecule has 0 spiro atoms. The summed E-state index contributed by atoms with van der Waals surface area (Å²) in [6, 6.07) is 8.21. The van der Waals surface area contributed by atoms with Crippen LogP contribution < -0.4 is 10.6 Å². The molecule has 1 amide bonds. The van der Waals surface area contributed by atoms with Gasteiger partial charge in [-0.15, -0.1) is 0 Å². The minimum Gasteiger partial charge on any atom is -0.355 e. The van der Waals surface area contributed by atoms with E-state index in [1.54, 1.807) is 0 Å². The average molecular weight is 368 g/mol. The second-order valence-corrected chi connectivity index (χ2v) is 6.74. The molecule has 4 nitrogen and oxygen atoms in total. The third kappa shape index (κ3) is 5.71. The summed E-state index contributed by atoms with van der Waals surface area (Å²) >= 11 is 3.49. The lowest BCUT2D eigenvalue weighted by molar-refractivity contribution is -0.125. The smallest absolute Gasteiger partial charge is 0.223 e. The van der Waals surface area contributed by atoms with Crippen LogP contribution in [0.4, 0.5) is 0 Å². The summed E-state index contributed by atoms with van der Waals surface area (Å²) in [5.41, 5.74) is 1.21. The van der Waals surface area contributed by atoms with E-state index in [-0.39, 0.29) is 11.8 Å². The van der Waals surface area contributed by atoms with Crippen LogP contribution in [-0.2, 0) is 11.2 Å². The van der Waals surface area contributed by atoms with Crippen molar-refractivity contribution < 1.29 is 4.79 Å². The van der Waals surface area contributed by atoms with Crippen LogP contribution in [0.5, 0.6) is 0 Å². The van der Waals surface area contributed by atoms with Crippen LogP contribution in [0.3, 0.4) is 0 Å². The third-order valence-corrected chi connectivity index (χ3v) is 4.66. The Balaban J connectivity index is 1.76. The monoisotopic (exact) mass is 367 g/mol. The predicted octanol–water partition coefficient (Wildman–Crippen LogP) is 2.04. The molecule has 0 aliphatic carbocycles. The Labute approximate surface area is 141 Å². The molecule has 1 aliphatic rings. The number of hydrogen-bond donors (Lipinski definition) is 2. The van der Waals surface area contributed by atoms with E-state index in [0.717, 1.165) is 56.6 Å². The molecule has 2 N–H and O–H groups in total. The summed E-state index contributed by atoms with van der Waals surface area (Å²) in [4.78, 5) is 14.7. The topological polar surface area (TPSA) is 44.4 Å². The SMILES string of the molecule is CCC(Cc1cccc(Br)c1)C(=O)NCCN1CCNCC1. The van der Waals surface area contributed by atoms with Gasteiger partial charge in [-0.3, -0.25) is 9.69 Å². The lowest BCUT2D eigenvalue weighted by atomic mass is 9.96. The maximum atomic E-state index is 12.4. The van der Waals surface area contributed by atoms with E-state index < -0.39 is 0 Å². The number of benzene rings is 1. The van der Waals surface area contributed by atoms with Gasteiger partial charge in [0.25, 0.3) is 0 Å². The molecule has 1 unspecified atom stereocenters. The Hall–Kier alpha value is -0.910. The molecule has 122 valence electrons. The van der Waals surface area contributed by atoms with E-state index in [0.29, 0.717) is 0 Å². The van der Waals surface area contributed by atoms with Crippen molar-refractivity contribution in [3.05, 3.63) is 34.3 Å². The van der Waals surface area contributed by atoms with Gasteiger partial charge in [0.05, 0.1) is 0 Å². The van der Waals surface area contributed by atoms with Crippen molar-refractivity contribution in [3.63, 3.8) is 0 Å². The number of halogens is 1. The van der Waals surface area contributed by atoms with Gasteiger partial charge in [-0.2, -0.15) is 0 Å². The highest BCUT2D eigenvalue weighted by molar-refractivity contribution is 9.10. The van der Waals surface area contributed by atoms with Gasteiger partial charge < -0.3 is 10.6 Å². The molecule has 1 aromatic rings. The fraction of sp³-hybridized carbons (Fsp3) is 0.588. The van der Waals surface area contributed by atoms with Crippen molar-refractivity contribution in [2.45, 2.75) is 19.8 Å². The summed E-state index contributed by atoms with van der Waals surface area (Å²) in [6.45, 7) is 8.02. The fourth-order valence-electron chi connectivity index (χ4n) is 2.79. The Morgan fingerprint density at radius 1 is 1.41 bits per heavy atom. The van der Waals surface area contributed by atoms with Crippen LogP contribution in [0.25, 0.3) is 0 Å². The quantitative estimate of drug-likeness (QED) is 0.774. The molecule has 1 saturated heterocycles. The van der Waals surface area contributed by atoms with E-state index in [2.05, 4.69) is 50.5 Å². The lowest BCUT2D eigenvalue weighted by Crippen LogP contribution is -2.46. The standard InChI is InChI=1S/C17H26BrN3O/c1-2-15(12-14-4-3-5-16(18)13-14)17(22)20-8-11-21-9-6-19-7-10-21/h3-5,13,15,19H,2,6-12H2,1H3,(H,20,22). The van der Waals surface area contributed by atoms with E-state index in [1.165, 1.54) is 5.56 Å².